The second-order valence-electron chi connectivity index (χ2n) is 5.20. The van der Waals surface area contributed by atoms with E-state index < -0.39 is 43.0 Å². The number of carbonyl (C=O) groups excluding carboxylic acids is 1. The number of nitro benzene ring substituents is 1. The molecule has 1 atom stereocenters. The zero-order valence-corrected chi connectivity index (χ0v) is 16.7. The molecule has 0 bridgehead atoms. The smallest absolute Gasteiger partial charge is 0.324 e. The Morgan fingerprint density at radius 1 is 1.22 bits per heavy atom. The summed E-state index contributed by atoms with van der Waals surface area (Å²) in [5.74, 6) is -1.65. The monoisotopic (exact) mass is 451 g/mol. The number of rotatable bonds is 6. The number of benzene rings is 2. The van der Waals surface area contributed by atoms with Crippen molar-refractivity contribution in [1.29, 1.82) is 0 Å². The topological polar surface area (TPSA) is 121 Å². The molecule has 0 aliphatic rings. The maximum atomic E-state index is 12.4. The molecule has 0 aliphatic carbocycles. The van der Waals surface area contributed by atoms with Crippen molar-refractivity contribution in [2.45, 2.75) is 9.79 Å². The van der Waals surface area contributed by atoms with E-state index in [0.717, 1.165) is 24.5 Å². The predicted molar refractivity (Wildman–Crippen MR) is 99.6 cm³/mol. The van der Waals surface area contributed by atoms with E-state index in [1.54, 1.807) is 0 Å². The van der Waals surface area contributed by atoms with E-state index in [2.05, 4.69) is 0 Å². The van der Waals surface area contributed by atoms with Crippen LogP contribution in [0.2, 0.25) is 10.0 Å². The lowest BCUT2D eigenvalue weighted by atomic mass is 10.3. The van der Waals surface area contributed by atoms with Crippen molar-refractivity contribution in [2.75, 3.05) is 12.0 Å². The van der Waals surface area contributed by atoms with Crippen LogP contribution in [0.4, 0.5) is 5.69 Å². The first-order valence-electron chi connectivity index (χ1n) is 7.01. The van der Waals surface area contributed by atoms with Crippen LogP contribution in [0.5, 0.6) is 5.75 Å². The molecule has 0 amide bonds. The minimum atomic E-state index is -3.69. The molecule has 0 radical (unpaired) electrons. The summed E-state index contributed by atoms with van der Waals surface area (Å²) in [5, 5.41) is 11.6. The van der Waals surface area contributed by atoms with Gasteiger partial charge in [-0.3, -0.25) is 19.1 Å². The van der Waals surface area contributed by atoms with Gasteiger partial charge in [-0.05, 0) is 30.3 Å². The summed E-state index contributed by atoms with van der Waals surface area (Å²) in [5.41, 5.74) is -0.673. The molecule has 0 fully saturated rings. The first kappa shape index (κ1) is 21.3. The molecule has 27 heavy (non-hydrogen) atoms. The Balaban J connectivity index is 2.24. The van der Waals surface area contributed by atoms with Crippen LogP contribution in [0, 0.1) is 10.1 Å². The van der Waals surface area contributed by atoms with Gasteiger partial charge in [0.2, 0.25) is 0 Å². The summed E-state index contributed by atoms with van der Waals surface area (Å²) in [6.07, 6.45) is 0.885. The fourth-order valence-electron chi connectivity index (χ4n) is 1.96. The van der Waals surface area contributed by atoms with E-state index in [4.69, 9.17) is 27.9 Å². The molecular weight excluding hydrogens is 441 g/mol. The fraction of sp³-hybridized carbons (Fsp3) is 0.133. The van der Waals surface area contributed by atoms with Gasteiger partial charge in [-0.15, -0.1) is 0 Å². The molecule has 144 valence electrons. The van der Waals surface area contributed by atoms with E-state index in [0.29, 0.717) is 5.02 Å². The number of sulfone groups is 1. The number of halogens is 2. The van der Waals surface area contributed by atoms with Crippen molar-refractivity contribution in [3.05, 3.63) is 56.6 Å². The van der Waals surface area contributed by atoms with Crippen LogP contribution in [0.3, 0.4) is 0 Å². The molecule has 0 spiro atoms. The first-order valence-corrected chi connectivity index (χ1v) is 11.0. The summed E-state index contributed by atoms with van der Waals surface area (Å²) >= 11 is 11.6. The maximum Gasteiger partial charge on any atom is 0.324 e. The molecule has 2 aromatic carbocycles. The minimum Gasteiger partial charge on any atom is -0.424 e. The van der Waals surface area contributed by atoms with Gasteiger partial charge < -0.3 is 4.74 Å². The van der Waals surface area contributed by atoms with Crippen LogP contribution in [0.15, 0.2) is 46.2 Å². The van der Waals surface area contributed by atoms with Crippen molar-refractivity contribution in [2.24, 2.45) is 0 Å². The van der Waals surface area contributed by atoms with Crippen LogP contribution >= 0.6 is 23.2 Å². The summed E-state index contributed by atoms with van der Waals surface area (Å²) in [4.78, 5) is 21.7. The third-order valence-corrected chi connectivity index (χ3v) is 6.14. The lowest BCUT2D eigenvalue weighted by Gasteiger charge is -2.07. The molecular formula is C15H11Cl2NO7S2. The highest BCUT2D eigenvalue weighted by atomic mass is 35.5. The number of hydrogen-bond donors (Lipinski definition) is 0. The summed E-state index contributed by atoms with van der Waals surface area (Å²) in [6.45, 7) is 0. The van der Waals surface area contributed by atoms with Gasteiger partial charge in [-0.2, -0.15) is 0 Å². The Kier molecular flexibility index (Phi) is 6.58. The van der Waals surface area contributed by atoms with E-state index in [1.807, 2.05) is 0 Å². The second kappa shape index (κ2) is 8.34. The molecule has 0 heterocycles. The SMILES string of the molecule is CS(=O)(=O)c1ccc(S(=O)CC(=O)Oc2ccc(Cl)cc2Cl)c([N+](=O)[O-])c1. The van der Waals surface area contributed by atoms with Gasteiger partial charge in [0, 0.05) is 17.3 Å². The molecule has 0 saturated heterocycles. The van der Waals surface area contributed by atoms with Crippen LogP contribution in [-0.4, -0.2) is 35.5 Å². The van der Waals surface area contributed by atoms with Crippen molar-refractivity contribution >= 4 is 55.5 Å². The average molecular weight is 452 g/mol. The molecule has 0 aliphatic heterocycles. The van der Waals surface area contributed by atoms with E-state index in [1.165, 1.54) is 18.2 Å². The molecule has 8 nitrogen and oxygen atoms in total. The largest absolute Gasteiger partial charge is 0.424 e. The zero-order chi connectivity index (χ0) is 20.4. The third kappa shape index (κ3) is 5.48. The molecule has 2 rings (SSSR count). The summed E-state index contributed by atoms with van der Waals surface area (Å²) in [6, 6.07) is 7.03. The van der Waals surface area contributed by atoms with Crippen molar-refractivity contribution in [3.8, 4) is 5.75 Å². The van der Waals surface area contributed by atoms with Crippen LogP contribution in [0.1, 0.15) is 0 Å². The number of hydrogen-bond acceptors (Lipinski definition) is 7. The van der Waals surface area contributed by atoms with E-state index >= 15 is 0 Å². The van der Waals surface area contributed by atoms with Gasteiger partial charge in [0.15, 0.2) is 9.84 Å². The minimum absolute atomic E-state index is 0.00927. The highest BCUT2D eigenvalue weighted by Crippen LogP contribution is 2.29. The van der Waals surface area contributed by atoms with Crippen molar-refractivity contribution in [3.63, 3.8) is 0 Å². The van der Waals surface area contributed by atoms with Crippen LogP contribution in [0.25, 0.3) is 0 Å². The quantitative estimate of drug-likeness (QED) is 0.286. The highest BCUT2D eigenvalue weighted by molar-refractivity contribution is 7.90. The maximum absolute atomic E-state index is 12.4. The Labute approximate surface area is 166 Å². The summed E-state index contributed by atoms with van der Waals surface area (Å²) < 4.78 is 40.4. The number of esters is 1. The van der Waals surface area contributed by atoms with Gasteiger partial charge in [-0.1, -0.05) is 23.2 Å². The van der Waals surface area contributed by atoms with Gasteiger partial charge in [0.05, 0.1) is 25.6 Å². The highest BCUT2D eigenvalue weighted by Gasteiger charge is 2.24. The van der Waals surface area contributed by atoms with Crippen LogP contribution < -0.4 is 4.74 Å². The molecule has 0 saturated carbocycles. The number of nitro groups is 1. The Hall–Kier alpha value is -2.01. The molecule has 12 heteroatoms. The first-order chi connectivity index (χ1) is 12.5. The normalized spacial score (nSPS) is 12.4. The van der Waals surface area contributed by atoms with E-state index in [-0.39, 0.29) is 20.6 Å². The van der Waals surface area contributed by atoms with E-state index in [9.17, 15) is 27.5 Å². The lowest BCUT2D eigenvalue weighted by molar-refractivity contribution is -0.388. The third-order valence-electron chi connectivity index (χ3n) is 3.17. The van der Waals surface area contributed by atoms with Gasteiger partial charge >= 0.3 is 5.97 Å². The predicted octanol–water partition coefficient (Wildman–Crippen LogP) is 3.02. The lowest BCUT2D eigenvalue weighted by Crippen LogP contribution is -2.18. The Morgan fingerprint density at radius 3 is 2.44 bits per heavy atom. The zero-order valence-electron chi connectivity index (χ0n) is 13.5. The Bertz CT molecular complexity index is 1050. The van der Waals surface area contributed by atoms with Gasteiger partial charge in [0.1, 0.15) is 16.4 Å². The molecule has 1 unspecified atom stereocenters. The van der Waals surface area contributed by atoms with Crippen molar-refractivity contribution in [1.82, 2.24) is 0 Å². The number of nitrogens with zero attached hydrogens (tertiary/aromatic N) is 1. The van der Waals surface area contributed by atoms with Gasteiger partial charge in [0.25, 0.3) is 5.69 Å². The fourth-order valence-corrected chi connectivity index (χ4v) is 4.06. The molecule has 0 N–H and O–H groups in total. The van der Waals surface area contributed by atoms with Crippen LogP contribution in [-0.2, 0) is 25.4 Å². The number of ether oxygens (including phenoxy) is 1. The summed E-state index contributed by atoms with van der Waals surface area (Å²) in [7, 11) is -5.84. The standard InChI is InChI=1S/C15H11Cl2NO7S2/c1-27(23,24)10-3-5-14(12(7-10)18(20)21)26(22)8-15(19)25-13-4-2-9(16)6-11(13)17/h2-7H,8H2,1H3. The second-order valence-corrected chi connectivity index (χ2v) is 9.48. The Morgan fingerprint density at radius 2 is 1.89 bits per heavy atom. The van der Waals surface area contributed by atoms with Crippen molar-refractivity contribution < 1.29 is 27.1 Å². The average Bonchev–Trinajstić information content (AvgIpc) is 2.56. The molecule has 0 aromatic heterocycles. The van der Waals surface area contributed by atoms with Gasteiger partial charge in [-0.25, -0.2) is 8.42 Å². The number of carbonyl (C=O) groups is 1. The molecule has 2 aromatic rings.